The molecular weight excluding hydrogens is 458 g/mol. The highest BCUT2D eigenvalue weighted by atomic mass is 32.3. The van der Waals surface area contributed by atoms with Crippen molar-refractivity contribution >= 4 is 10.4 Å². The lowest BCUT2D eigenvalue weighted by Crippen LogP contribution is -2.27. The Morgan fingerprint density at radius 1 is 0.571 bits per heavy atom. The second-order valence-electron chi connectivity index (χ2n) is 10.5. The van der Waals surface area contributed by atoms with Crippen molar-refractivity contribution in [2.24, 2.45) is 0 Å². The van der Waals surface area contributed by atoms with E-state index in [0.29, 0.717) is 0 Å². The SMILES string of the molecule is CCCCCCCCCCCCCCCCCCC(CCCCCCC)N(C)C.COS(=O)(=O)O. The summed E-state index contributed by atoms with van der Waals surface area (Å²) in [5, 5.41) is 0. The first kappa shape index (κ1) is 37.0. The Morgan fingerprint density at radius 3 is 1.00 bits per heavy atom. The van der Waals surface area contributed by atoms with Gasteiger partial charge in [-0.2, -0.15) is 8.42 Å². The number of unbranched alkanes of at least 4 members (excludes halogenated alkanes) is 19. The van der Waals surface area contributed by atoms with Gasteiger partial charge >= 0.3 is 10.4 Å². The molecule has 5 nitrogen and oxygen atoms in total. The molecule has 0 heterocycles. The molecule has 0 aliphatic carbocycles. The maximum Gasteiger partial charge on any atom is 0.397 e. The topological polar surface area (TPSA) is 66.8 Å². The van der Waals surface area contributed by atoms with Crippen molar-refractivity contribution in [2.75, 3.05) is 21.2 Å². The molecule has 0 saturated carbocycles. The van der Waals surface area contributed by atoms with Crippen LogP contribution in [0.5, 0.6) is 0 Å². The van der Waals surface area contributed by atoms with E-state index >= 15 is 0 Å². The van der Waals surface area contributed by atoms with Gasteiger partial charge in [0.25, 0.3) is 0 Å². The molecule has 1 atom stereocenters. The predicted octanol–water partition coefficient (Wildman–Crippen LogP) is 9.36. The quantitative estimate of drug-likeness (QED) is 0.0957. The Labute approximate surface area is 221 Å². The monoisotopic (exact) mass is 521 g/mol. The third-order valence-electron chi connectivity index (χ3n) is 6.97. The van der Waals surface area contributed by atoms with E-state index in [9.17, 15) is 8.42 Å². The highest BCUT2D eigenvalue weighted by molar-refractivity contribution is 7.80. The molecule has 1 unspecified atom stereocenters. The van der Waals surface area contributed by atoms with E-state index in [0.717, 1.165) is 13.2 Å². The van der Waals surface area contributed by atoms with Crippen LogP contribution in [-0.2, 0) is 14.6 Å². The summed E-state index contributed by atoms with van der Waals surface area (Å²) in [6.07, 6.45) is 33.4. The first-order chi connectivity index (χ1) is 16.8. The zero-order valence-electron chi connectivity index (χ0n) is 24.4. The Morgan fingerprint density at radius 2 is 0.800 bits per heavy atom. The molecule has 35 heavy (non-hydrogen) atoms. The van der Waals surface area contributed by atoms with Crippen molar-refractivity contribution in [3.05, 3.63) is 0 Å². The van der Waals surface area contributed by atoms with Crippen molar-refractivity contribution in [1.82, 2.24) is 4.90 Å². The molecule has 6 heteroatoms. The summed E-state index contributed by atoms with van der Waals surface area (Å²) in [6, 6.07) is 0.822. The zero-order valence-corrected chi connectivity index (χ0v) is 25.2. The van der Waals surface area contributed by atoms with Crippen LogP contribution < -0.4 is 0 Å². The molecule has 0 saturated heterocycles. The van der Waals surface area contributed by atoms with Crippen molar-refractivity contribution in [3.8, 4) is 0 Å². The second kappa shape index (κ2) is 28.4. The maximum atomic E-state index is 9.33. The van der Waals surface area contributed by atoms with Crippen LogP contribution in [0, 0.1) is 0 Å². The summed E-state index contributed by atoms with van der Waals surface area (Å²) in [7, 11) is 1.27. The fourth-order valence-electron chi connectivity index (χ4n) is 4.57. The van der Waals surface area contributed by atoms with Gasteiger partial charge in [0.15, 0.2) is 0 Å². The number of hydrogen-bond donors (Lipinski definition) is 1. The lowest BCUT2D eigenvalue weighted by Gasteiger charge is -2.24. The molecule has 0 rings (SSSR count). The Hall–Kier alpha value is -0.170. The number of nitrogens with zero attached hydrogens (tertiary/aromatic N) is 1. The molecule has 0 aromatic heterocycles. The minimum Gasteiger partial charge on any atom is -0.306 e. The van der Waals surface area contributed by atoms with Crippen LogP contribution in [0.4, 0.5) is 0 Å². The van der Waals surface area contributed by atoms with Gasteiger partial charge in [-0.05, 0) is 26.9 Å². The molecule has 0 aliphatic rings. The van der Waals surface area contributed by atoms with Gasteiger partial charge in [0, 0.05) is 6.04 Å². The Kier molecular flexibility index (Phi) is 30.0. The maximum absolute atomic E-state index is 9.33. The molecule has 0 aromatic rings. The van der Waals surface area contributed by atoms with Gasteiger partial charge in [-0.25, -0.2) is 0 Å². The molecule has 0 amide bonds. The molecule has 214 valence electrons. The number of hydrogen-bond acceptors (Lipinski definition) is 4. The molecule has 1 N–H and O–H groups in total. The van der Waals surface area contributed by atoms with Gasteiger partial charge in [0.2, 0.25) is 0 Å². The predicted molar refractivity (Wildman–Crippen MR) is 154 cm³/mol. The van der Waals surface area contributed by atoms with E-state index in [4.69, 9.17) is 4.55 Å². The normalized spacial score (nSPS) is 12.5. The van der Waals surface area contributed by atoms with Crippen molar-refractivity contribution in [3.63, 3.8) is 0 Å². The summed E-state index contributed by atoms with van der Waals surface area (Å²) in [5.41, 5.74) is 0. The highest BCUT2D eigenvalue weighted by Crippen LogP contribution is 2.17. The van der Waals surface area contributed by atoms with Crippen LogP contribution in [0.3, 0.4) is 0 Å². The zero-order chi connectivity index (χ0) is 26.6. The first-order valence-electron chi connectivity index (χ1n) is 15.0. The van der Waals surface area contributed by atoms with E-state index in [2.05, 4.69) is 37.0 Å². The minimum absolute atomic E-state index is 0.822. The van der Waals surface area contributed by atoms with Gasteiger partial charge in [-0.1, -0.05) is 149 Å². The van der Waals surface area contributed by atoms with Gasteiger partial charge < -0.3 is 4.90 Å². The van der Waals surface area contributed by atoms with Gasteiger partial charge in [-0.3, -0.25) is 8.74 Å². The smallest absolute Gasteiger partial charge is 0.306 e. The highest BCUT2D eigenvalue weighted by Gasteiger charge is 2.10. The van der Waals surface area contributed by atoms with Crippen molar-refractivity contribution in [1.29, 1.82) is 0 Å². The van der Waals surface area contributed by atoms with Crippen LogP contribution >= 0.6 is 0 Å². The van der Waals surface area contributed by atoms with Gasteiger partial charge in [0.05, 0.1) is 7.11 Å². The average Bonchev–Trinajstić information content (AvgIpc) is 2.82. The van der Waals surface area contributed by atoms with Crippen LogP contribution in [0.25, 0.3) is 0 Å². The Balaban J connectivity index is 0. The fourth-order valence-corrected chi connectivity index (χ4v) is 4.57. The van der Waals surface area contributed by atoms with E-state index in [-0.39, 0.29) is 0 Å². The molecule has 0 aliphatic heterocycles. The third kappa shape index (κ3) is 33.8. The van der Waals surface area contributed by atoms with Gasteiger partial charge in [-0.15, -0.1) is 0 Å². The summed E-state index contributed by atoms with van der Waals surface area (Å²) >= 11 is 0. The number of rotatable bonds is 25. The van der Waals surface area contributed by atoms with Crippen molar-refractivity contribution in [2.45, 2.75) is 168 Å². The lowest BCUT2D eigenvalue weighted by molar-refractivity contribution is 0.251. The van der Waals surface area contributed by atoms with Gasteiger partial charge in [0.1, 0.15) is 0 Å². The molecule has 0 bridgehead atoms. The summed E-state index contributed by atoms with van der Waals surface area (Å²) in [5.74, 6) is 0. The first-order valence-corrected chi connectivity index (χ1v) is 16.3. The summed E-state index contributed by atoms with van der Waals surface area (Å²) in [6.45, 7) is 4.61. The molecule has 0 radical (unpaired) electrons. The minimum atomic E-state index is -4.16. The van der Waals surface area contributed by atoms with E-state index in [1.807, 2.05) is 0 Å². The van der Waals surface area contributed by atoms with Crippen LogP contribution in [0.15, 0.2) is 0 Å². The summed E-state index contributed by atoms with van der Waals surface area (Å²) < 4.78 is 29.7. The Bertz CT molecular complexity index is 497. The van der Waals surface area contributed by atoms with Crippen LogP contribution in [-0.4, -0.2) is 45.1 Å². The lowest BCUT2D eigenvalue weighted by atomic mass is 9.99. The van der Waals surface area contributed by atoms with Crippen LogP contribution in [0.1, 0.15) is 162 Å². The molecule has 0 aromatic carbocycles. The third-order valence-corrected chi connectivity index (χ3v) is 7.39. The van der Waals surface area contributed by atoms with Crippen molar-refractivity contribution < 1.29 is 17.2 Å². The summed E-state index contributed by atoms with van der Waals surface area (Å²) in [4.78, 5) is 2.48. The molecular formula is C29H63NO4S. The standard InChI is InChI=1S/C28H59N.CH4O4S/c1-5-7-9-11-12-13-14-15-16-17-18-19-20-21-23-25-27-28(29(3)4)26-24-22-10-8-6-2;1-5-6(2,3)4/h28H,5-27H2,1-4H3;1H3,(H,2,3,4). The molecule has 0 spiro atoms. The van der Waals surface area contributed by atoms with E-state index < -0.39 is 10.4 Å². The van der Waals surface area contributed by atoms with Crippen LogP contribution in [0.2, 0.25) is 0 Å². The van der Waals surface area contributed by atoms with E-state index in [1.165, 1.54) is 148 Å². The second-order valence-corrected chi connectivity index (χ2v) is 11.7. The average molecular weight is 522 g/mol. The largest absolute Gasteiger partial charge is 0.397 e. The van der Waals surface area contributed by atoms with E-state index in [1.54, 1.807) is 0 Å². The fraction of sp³-hybridized carbons (Fsp3) is 1.00. The molecule has 0 fully saturated rings.